The van der Waals surface area contributed by atoms with E-state index in [1.165, 1.54) is 135 Å². The number of unbranched alkanes of at least 4 members (excludes halogenated alkanes) is 32. The van der Waals surface area contributed by atoms with Crippen molar-refractivity contribution in [1.29, 1.82) is 0 Å². The van der Waals surface area contributed by atoms with Crippen molar-refractivity contribution in [3.05, 3.63) is 0 Å². The molecule has 0 radical (unpaired) electrons. The third-order valence-corrected chi connectivity index (χ3v) is 17.7. The van der Waals surface area contributed by atoms with Crippen molar-refractivity contribution >= 4 is 39.5 Å². The molecule has 19 heteroatoms. The molecular formula is C69H134O17P2. The van der Waals surface area contributed by atoms with Gasteiger partial charge in [-0.1, -0.05) is 287 Å². The van der Waals surface area contributed by atoms with Gasteiger partial charge in [0, 0.05) is 25.7 Å². The Bertz CT molecular complexity index is 1750. The van der Waals surface area contributed by atoms with Crippen molar-refractivity contribution in [2.75, 3.05) is 39.6 Å². The fourth-order valence-corrected chi connectivity index (χ4v) is 11.9. The highest BCUT2D eigenvalue weighted by molar-refractivity contribution is 7.47. The van der Waals surface area contributed by atoms with Crippen LogP contribution in [0.1, 0.15) is 338 Å². The summed E-state index contributed by atoms with van der Waals surface area (Å²) in [7, 11) is -9.90. The summed E-state index contributed by atoms with van der Waals surface area (Å²) in [5, 5.41) is 10.6. The van der Waals surface area contributed by atoms with Crippen molar-refractivity contribution in [2.24, 2.45) is 23.7 Å². The van der Waals surface area contributed by atoms with Crippen LogP contribution in [0.15, 0.2) is 0 Å². The van der Waals surface area contributed by atoms with Gasteiger partial charge in [0.2, 0.25) is 0 Å². The van der Waals surface area contributed by atoms with Gasteiger partial charge in [0.25, 0.3) is 0 Å². The number of aliphatic hydroxyl groups is 1. The van der Waals surface area contributed by atoms with Gasteiger partial charge in [-0.3, -0.25) is 37.3 Å². The zero-order valence-electron chi connectivity index (χ0n) is 57.3. The van der Waals surface area contributed by atoms with Gasteiger partial charge >= 0.3 is 39.5 Å². The zero-order chi connectivity index (χ0) is 65.4. The quantitative estimate of drug-likeness (QED) is 0.0222. The van der Waals surface area contributed by atoms with Crippen LogP contribution >= 0.6 is 15.6 Å². The predicted molar refractivity (Wildman–Crippen MR) is 354 cm³/mol. The Morgan fingerprint density at radius 2 is 0.477 bits per heavy atom. The maximum absolute atomic E-state index is 13.0. The fraction of sp³-hybridized carbons (Fsp3) is 0.942. The number of carbonyl (C=O) groups is 4. The van der Waals surface area contributed by atoms with Gasteiger partial charge in [0.1, 0.15) is 19.3 Å². The predicted octanol–water partition coefficient (Wildman–Crippen LogP) is 19.3. The molecule has 5 atom stereocenters. The molecule has 0 aromatic rings. The molecule has 0 rings (SSSR count). The number of hydrogen-bond acceptors (Lipinski definition) is 15. The van der Waals surface area contributed by atoms with Crippen LogP contribution < -0.4 is 0 Å². The topological polar surface area (TPSA) is 237 Å². The lowest BCUT2D eigenvalue weighted by Crippen LogP contribution is -2.30. The van der Waals surface area contributed by atoms with Crippen LogP contribution in [0.3, 0.4) is 0 Å². The highest BCUT2D eigenvalue weighted by atomic mass is 31.2. The first-order valence-corrected chi connectivity index (χ1v) is 38.7. The fourth-order valence-electron chi connectivity index (χ4n) is 10.3. The molecule has 0 aliphatic heterocycles. The number of aliphatic hydroxyl groups excluding tert-OH is 1. The van der Waals surface area contributed by atoms with Crippen molar-refractivity contribution in [2.45, 2.75) is 356 Å². The summed E-state index contributed by atoms with van der Waals surface area (Å²) >= 11 is 0. The number of rotatable bonds is 66. The van der Waals surface area contributed by atoms with Gasteiger partial charge in [-0.15, -0.1) is 0 Å². The van der Waals surface area contributed by atoms with Crippen molar-refractivity contribution < 1.29 is 80.2 Å². The lowest BCUT2D eigenvalue weighted by Gasteiger charge is -2.21. The summed E-state index contributed by atoms with van der Waals surface area (Å²) in [6.07, 6.45) is 40.7. The number of phosphoric acid groups is 2. The van der Waals surface area contributed by atoms with Crippen LogP contribution in [-0.2, 0) is 65.4 Å². The number of hydrogen-bond donors (Lipinski definition) is 3. The lowest BCUT2D eigenvalue weighted by molar-refractivity contribution is -0.161. The van der Waals surface area contributed by atoms with Crippen molar-refractivity contribution in [1.82, 2.24) is 0 Å². The van der Waals surface area contributed by atoms with Gasteiger partial charge in [-0.05, 0) is 49.4 Å². The van der Waals surface area contributed by atoms with Gasteiger partial charge in [0.05, 0.1) is 26.4 Å². The Labute approximate surface area is 537 Å². The molecule has 0 saturated carbocycles. The molecule has 17 nitrogen and oxygen atoms in total. The zero-order valence-corrected chi connectivity index (χ0v) is 59.1. The Hall–Kier alpha value is -1.94. The molecule has 88 heavy (non-hydrogen) atoms. The van der Waals surface area contributed by atoms with Crippen molar-refractivity contribution in [3.63, 3.8) is 0 Å². The first-order valence-electron chi connectivity index (χ1n) is 35.7. The van der Waals surface area contributed by atoms with E-state index in [0.717, 1.165) is 108 Å². The lowest BCUT2D eigenvalue weighted by atomic mass is 10.0. The summed E-state index contributed by atoms with van der Waals surface area (Å²) in [5.41, 5.74) is 0. The summed E-state index contributed by atoms with van der Waals surface area (Å²) < 4.78 is 68.2. The molecule has 0 saturated heterocycles. The first kappa shape index (κ1) is 86.1. The number of phosphoric ester groups is 2. The molecule has 0 aromatic heterocycles. The van der Waals surface area contributed by atoms with Crippen LogP contribution in [0.2, 0.25) is 0 Å². The molecule has 0 bridgehead atoms. The molecular weight excluding hydrogens is 1160 g/mol. The maximum atomic E-state index is 13.0. The Morgan fingerprint density at radius 1 is 0.284 bits per heavy atom. The Balaban J connectivity index is 5.22. The molecule has 522 valence electrons. The SMILES string of the molecule is CC(C)CCCCCCCCCCCCCCCC(=O)OC[C@H](COP(=O)(O)OC[C@@H](O)COP(=O)(O)OC[C@@H](COC(=O)CCCCCCCCC(C)C)OC(=O)CCCCCCCCC(C)C)OC(=O)CCCCCCCCCCCCCC(C)C. The third kappa shape index (κ3) is 62.8. The average Bonchev–Trinajstić information content (AvgIpc) is 3.57. The standard InChI is InChI=1S/C69H134O17P2/c1-59(2)45-37-29-21-17-13-10-9-11-15-19-23-33-41-49-66(71)79-55-64(85-68(73)51-43-35-24-20-16-12-14-18-22-30-38-46-60(3)4)57-83-87(75,76)81-53-63(70)54-82-88(77,78)84-58-65(86-69(74)52-44-36-28-26-32-40-48-62(7)8)56-80-67(72)50-42-34-27-25-31-39-47-61(5)6/h59-65,70H,9-58H2,1-8H3,(H,75,76)(H,77,78)/t63-,64-,65-/m1/s1. The number of ether oxygens (including phenoxy) is 4. The van der Waals surface area contributed by atoms with Crippen LogP contribution in [-0.4, -0.2) is 96.7 Å². The number of esters is 4. The maximum Gasteiger partial charge on any atom is 0.472 e. The summed E-state index contributed by atoms with van der Waals surface area (Å²) in [4.78, 5) is 72.4. The second kappa shape index (κ2) is 58.8. The molecule has 0 spiro atoms. The van der Waals surface area contributed by atoms with Crippen LogP contribution in [0, 0.1) is 23.7 Å². The first-order chi connectivity index (χ1) is 42.1. The minimum absolute atomic E-state index is 0.101. The van der Waals surface area contributed by atoms with Crippen LogP contribution in [0.25, 0.3) is 0 Å². The van der Waals surface area contributed by atoms with E-state index in [-0.39, 0.29) is 25.7 Å². The second-order valence-electron chi connectivity index (χ2n) is 26.8. The van der Waals surface area contributed by atoms with Crippen LogP contribution in [0.4, 0.5) is 0 Å². The van der Waals surface area contributed by atoms with E-state index in [1.807, 2.05) is 0 Å². The molecule has 0 fully saturated rings. The molecule has 0 aromatic carbocycles. The Kier molecular flexibility index (Phi) is 57.6. The van der Waals surface area contributed by atoms with Crippen molar-refractivity contribution in [3.8, 4) is 0 Å². The second-order valence-corrected chi connectivity index (χ2v) is 29.7. The monoisotopic (exact) mass is 1300 g/mol. The van der Waals surface area contributed by atoms with Gasteiger partial charge in [0.15, 0.2) is 12.2 Å². The third-order valence-electron chi connectivity index (χ3n) is 15.8. The van der Waals surface area contributed by atoms with E-state index >= 15 is 0 Å². The smallest absolute Gasteiger partial charge is 0.462 e. The molecule has 0 aliphatic rings. The molecule has 0 amide bonds. The highest BCUT2D eigenvalue weighted by Gasteiger charge is 2.30. The van der Waals surface area contributed by atoms with E-state index in [4.69, 9.17) is 37.0 Å². The average molecular weight is 1300 g/mol. The van der Waals surface area contributed by atoms with E-state index in [9.17, 15) is 43.2 Å². The molecule has 0 heterocycles. The van der Waals surface area contributed by atoms with Gasteiger partial charge in [-0.2, -0.15) is 0 Å². The summed E-state index contributed by atoms with van der Waals surface area (Å²) in [6.45, 7) is 14.0. The summed E-state index contributed by atoms with van der Waals surface area (Å²) in [5.74, 6) is 0.769. The molecule has 2 unspecified atom stereocenters. The van der Waals surface area contributed by atoms with E-state index in [2.05, 4.69) is 55.4 Å². The highest BCUT2D eigenvalue weighted by Crippen LogP contribution is 2.45. The Morgan fingerprint density at radius 3 is 0.705 bits per heavy atom. The minimum Gasteiger partial charge on any atom is -0.462 e. The van der Waals surface area contributed by atoms with Gasteiger partial charge in [-0.25, -0.2) is 9.13 Å². The number of carbonyl (C=O) groups excluding carboxylic acids is 4. The van der Waals surface area contributed by atoms with E-state index < -0.39 is 97.5 Å². The molecule has 0 aliphatic carbocycles. The van der Waals surface area contributed by atoms with Crippen LogP contribution in [0.5, 0.6) is 0 Å². The van der Waals surface area contributed by atoms with Gasteiger partial charge < -0.3 is 33.8 Å². The minimum atomic E-state index is -4.95. The van der Waals surface area contributed by atoms with E-state index in [0.29, 0.717) is 37.5 Å². The normalized spacial score (nSPS) is 14.3. The molecule has 3 N–H and O–H groups in total. The summed E-state index contributed by atoms with van der Waals surface area (Å²) in [6, 6.07) is 0. The largest absolute Gasteiger partial charge is 0.472 e. The van der Waals surface area contributed by atoms with E-state index in [1.54, 1.807) is 0 Å².